The molecule has 2 nitrogen and oxygen atoms in total. The first-order chi connectivity index (χ1) is 5.13. The topological polar surface area (TPSA) is 40.1 Å². The van der Waals surface area contributed by atoms with E-state index in [1.165, 1.54) is 0 Å². The van der Waals surface area contributed by atoms with Crippen molar-refractivity contribution in [2.24, 2.45) is 0 Å². The van der Waals surface area contributed by atoms with Crippen LogP contribution in [0.25, 0.3) is 0 Å². The van der Waals surface area contributed by atoms with E-state index < -0.39 is 5.97 Å². The zero-order chi connectivity index (χ0) is 8.43. The smallest absolute Gasteiger partial charge is 0.545 e. The largest absolute Gasteiger partial charge is 1.00 e. The van der Waals surface area contributed by atoms with Gasteiger partial charge in [0.25, 0.3) is 0 Å². The van der Waals surface area contributed by atoms with Gasteiger partial charge in [-0.3, -0.25) is 0 Å². The van der Waals surface area contributed by atoms with Crippen LogP contribution < -0.4 is 56.5 Å². The molecule has 0 unspecified atom stereocenters. The molecule has 0 aliphatic carbocycles. The second-order valence-corrected chi connectivity index (χ2v) is 2.53. The molecule has 1 rings (SSSR count). The van der Waals surface area contributed by atoms with Crippen LogP contribution in [0, 0.1) is 13.8 Å². The van der Waals surface area contributed by atoms with Gasteiger partial charge in [0.1, 0.15) is 0 Å². The first kappa shape index (κ1) is 12.3. The number of carboxylic acids is 1. The van der Waals surface area contributed by atoms with Crippen molar-refractivity contribution in [1.29, 1.82) is 0 Å². The average Bonchev–Trinajstić information content (AvgIpc) is 1.94. The van der Waals surface area contributed by atoms with Crippen molar-refractivity contribution in [3.63, 3.8) is 0 Å². The summed E-state index contributed by atoms with van der Waals surface area (Å²) in [5, 5.41) is 10.5. The second-order valence-electron chi connectivity index (χ2n) is 2.53. The Morgan fingerprint density at radius 1 is 1.33 bits per heavy atom. The minimum Gasteiger partial charge on any atom is -0.545 e. The molecule has 0 fully saturated rings. The maximum absolute atomic E-state index is 10.5. The van der Waals surface area contributed by atoms with Gasteiger partial charge in [-0.05, 0) is 25.0 Å². The molecule has 0 N–H and O–H groups in total. The summed E-state index contributed by atoms with van der Waals surface area (Å²) in [6.07, 6.45) is 0. The third-order valence-corrected chi connectivity index (χ3v) is 1.82. The fraction of sp³-hybridized carbons (Fsp3) is 0.222. The first-order valence-electron chi connectivity index (χ1n) is 3.40. The molecule has 0 aliphatic heterocycles. The maximum Gasteiger partial charge on any atom is 1.00 e. The van der Waals surface area contributed by atoms with Crippen molar-refractivity contribution in [1.82, 2.24) is 0 Å². The van der Waals surface area contributed by atoms with E-state index in [4.69, 9.17) is 0 Å². The van der Waals surface area contributed by atoms with E-state index in [9.17, 15) is 9.90 Å². The van der Waals surface area contributed by atoms with Crippen molar-refractivity contribution in [2.45, 2.75) is 13.8 Å². The molecule has 1 aromatic rings. The predicted molar refractivity (Wildman–Crippen MR) is 40.2 cm³/mol. The summed E-state index contributed by atoms with van der Waals surface area (Å²) in [7, 11) is 0. The van der Waals surface area contributed by atoms with E-state index in [1.807, 2.05) is 13.0 Å². The average molecular weight is 188 g/mol. The Morgan fingerprint density at radius 3 is 2.33 bits per heavy atom. The molecule has 0 saturated carbocycles. The van der Waals surface area contributed by atoms with Crippen LogP contribution in [0.2, 0.25) is 0 Å². The zero-order valence-corrected chi connectivity index (χ0v) is 10.7. The summed E-state index contributed by atoms with van der Waals surface area (Å²) < 4.78 is 0. The minimum atomic E-state index is -1.11. The fourth-order valence-corrected chi connectivity index (χ4v) is 0.972. The molecular weight excluding hydrogens is 179 g/mol. The summed E-state index contributed by atoms with van der Waals surface area (Å²) in [6, 6.07) is 5.15. The van der Waals surface area contributed by atoms with Crippen LogP contribution in [0.3, 0.4) is 0 Å². The molecule has 1 aromatic carbocycles. The van der Waals surface area contributed by atoms with E-state index in [2.05, 4.69) is 0 Å². The van der Waals surface area contributed by atoms with Gasteiger partial charge < -0.3 is 9.90 Å². The monoisotopic (exact) mass is 188 g/mol. The van der Waals surface area contributed by atoms with Crippen LogP contribution in [0.5, 0.6) is 0 Å². The molecule has 12 heavy (non-hydrogen) atoms. The van der Waals surface area contributed by atoms with Gasteiger partial charge >= 0.3 is 51.4 Å². The molecule has 0 saturated heterocycles. The predicted octanol–water partition coefficient (Wildman–Crippen LogP) is -2.33. The van der Waals surface area contributed by atoms with Crippen LogP contribution in [0.4, 0.5) is 0 Å². The summed E-state index contributed by atoms with van der Waals surface area (Å²) in [4.78, 5) is 10.5. The van der Waals surface area contributed by atoms with Crippen molar-refractivity contribution < 1.29 is 61.3 Å². The Bertz CT molecular complexity index is 295. The number of rotatable bonds is 1. The molecular formula is C9H9KO2. The molecule has 0 heterocycles. The Labute approximate surface area is 114 Å². The van der Waals surface area contributed by atoms with Crippen LogP contribution in [0.1, 0.15) is 21.5 Å². The molecule has 0 aliphatic rings. The van der Waals surface area contributed by atoms with Gasteiger partial charge in [-0.2, -0.15) is 0 Å². The number of hydrogen-bond donors (Lipinski definition) is 0. The van der Waals surface area contributed by atoms with E-state index in [-0.39, 0.29) is 56.9 Å². The Kier molecular flexibility index (Phi) is 5.28. The zero-order valence-electron chi connectivity index (χ0n) is 7.55. The van der Waals surface area contributed by atoms with Crippen molar-refractivity contribution in [3.8, 4) is 0 Å². The Balaban J connectivity index is 0.00000121. The third-order valence-electron chi connectivity index (χ3n) is 1.82. The van der Waals surface area contributed by atoms with Gasteiger partial charge in [-0.15, -0.1) is 0 Å². The molecule has 0 atom stereocenters. The molecule has 58 valence electrons. The SMILES string of the molecule is Cc1cccc(C(=O)[O-])c1C.[K+]. The second kappa shape index (κ2) is 5.14. The Hall–Kier alpha value is 0.326. The molecule has 3 heteroatoms. The van der Waals surface area contributed by atoms with E-state index in [0.717, 1.165) is 11.1 Å². The van der Waals surface area contributed by atoms with Gasteiger partial charge in [-0.1, -0.05) is 18.2 Å². The molecule has 0 amide bonds. The third kappa shape index (κ3) is 2.67. The summed E-state index contributed by atoms with van der Waals surface area (Å²) in [5.74, 6) is -1.11. The quantitative estimate of drug-likeness (QED) is 0.464. The summed E-state index contributed by atoms with van der Waals surface area (Å²) in [6.45, 7) is 3.66. The minimum absolute atomic E-state index is 0. The van der Waals surface area contributed by atoms with Gasteiger partial charge in [-0.25, -0.2) is 0 Å². The van der Waals surface area contributed by atoms with Gasteiger partial charge in [0.2, 0.25) is 0 Å². The molecule has 0 radical (unpaired) electrons. The van der Waals surface area contributed by atoms with Crippen LogP contribution in [-0.2, 0) is 0 Å². The fourth-order valence-electron chi connectivity index (χ4n) is 0.972. The van der Waals surface area contributed by atoms with Crippen molar-refractivity contribution in [2.75, 3.05) is 0 Å². The molecule has 0 aromatic heterocycles. The van der Waals surface area contributed by atoms with Crippen LogP contribution in [0.15, 0.2) is 18.2 Å². The number of carbonyl (C=O) groups is 1. The normalized spacial score (nSPS) is 8.83. The maximum atomic E-state index is 10.5. The first-order valence-corrected chi connectivity index (χ1v) is 3.40. The van der Waals surface area contributed by atoms with Gasteiger partial charge in [0.05, 0.1) is 5.97 Å². The number of carboxylic acid groups (broad SMARTS) is 1. The van der Waals surface area contributed by atoms with E-state index in [0.29, 0.717) is 0 Å². The number of aromatic carboxylic acids is 1. The molecule has 0 bridgehead atoms. The summed E-state index contributed by atoms with van der Waals surface area (Å²) in [5.41, 5.74) is 2.05. The van der Waals surface area contributed by atoms with Gasteiger partial charge in [0.15, 0.2) is 0 Å². The number of benzene rings is 1. The summed E-state index contributed by atoms with van der Waals surface area (Å²) >= 11 is 0. The number of hydrogen-bond acceptors (Lipinski definition) is 2. The number of aryl methyl sites for hydroxylation is 1. The van der Waals surface area contributed by atoms with Crippen LogP contribution >= 0.6 is 0 Å². The van der Waals surface area contributed by atoms with Crippen molar-refractivity contribution in [3.05, 3.63) is 34.9 Å². The van der Waals surface area contributed by atoms with Crippen LogP contribution in [-0.4, -0.2) is 5.97 Å². The standard InChI is InChI=1S/C9H10O2.K/c1-6-4-3-5-8(7(6)2)9(10)11;/h3-5H,1-2H3,(H,10,11);/q;+1/p-1. The molecule has 0 spiro atoms. The van der Waals surface area contributed by atoms with E-state index >= 15 is 0 Å². The van der Waals surface area contributed by atoms with Crippen molar-refractivity contribution >= 4 is 5.97 Å². The van der Waals surface area contributed by atoms with E-state index in [1.54, 1.807) is 19.1 Å². The number of carbonyl (C=O) groups excluding carboxylic acids is 1. The van der Waals surface area contributed by atoms with Gasteiger partial charge in [0, 0.05) is 5.56 Å². The Morgan fingerprint density at radius 2 is 1.92 bits per heavy atom.